The molecule has 0 amide bonds. The highest BCUT2D eigenvalue weighted by Crippen LogP contribution is 2.36. The molecule has 11 heteroatoms. The zero-order valence-corrected chi connectivity index (χ0v) is 26.6. The maximum atomic E-state index is 14.3. The van der Waals surface area contributed by atoms with Crippen molar-refractivity contribution >= 4 is 29.4 Å². The van der Waals surface area contributed by atoms with Crippen LogP contribution in [0.1, 0.15) is 36.6 Å². The predicted molar refractivity (Wildman–Crippen MR) is 174 cm³/mol. The topological polar surface area (TPSA) is 114 Å². The molecule has 2 aromatic heterocycles. The lowest BCUT2D eigenvalue weighted by Crippen LogP contribution is -2.39. The Morgan fingerprint density at radius 3 is 2.37 bits per heavy atom. The molecule has 1 aliphatic heterocycles. The van der Waals surface area contributed by atoms with Crippen molar-refractivity contribution in [2.45, 2.75) is 26.8 Å². The molecule has 0 fully saturated rings. The number of esters is 2. The van der Waals surface area contributed by atoms with Gasteiger partial charge in [-0.1, -0.05) is 65.4 Å². The van der Waals surface area contributed by atoms with Crippen molar-refractivity contribution in [1.29, 1.82) is 0 Å². The number of methoxy groups -OCH3 is 2. The molecule has 10 nitrogen and oxygen atoms in total. The Morgan fingerprint density at radius 2 is 1.70 bits per heavy atom. The van der Waals surface area contributed by atoms with E-state index in [0.29, 0.717) is 26.3 Å². The van der Waals surface area contributed by atoms with Crippen molar-refractivity contribution in [1.82, 2.24) is 14.3 Å². The van der Waals surface area contributed by atoms with E-state index in [1.807, 2.05) is 73.8 Å². The van der Waals surface area contributed by atoms with Gasteiger partial charge in [0.1, 0.15) is 0 Å². The number of nitrogens with zero attached hydrogens (tertiary/aromatic N) is 4. The number of hydrogen-bond acceptors (Lipinski definition) is 9. The maximum Gasteiger partial charge on any atom is 0.338 e. The average molecular weight is 635 g/mol. The van der Waals surface area contributed by atoms with Crippen LogP contribution in [0.2, 0.25) is 0 Å². The maximum absolute atomic E-state index is 14.3. The highest BCUT2D eigenvalue weighted by molar-refractivity contribution is 7.07. The lowest BCUT2D eigenvalue weighted by molar-refractivity contribution is -0.136. The molecule has 0 saturated carbocycles. The highest BCUT2D eigenvalue weighted by atomic mass is 32.1. The first-order chi connectivity index (χ1) is 22.2. The average Bonchev–Trinajstić information content (AvgIpc) is 3.61. The minimum atomic E-state index is -0.880. The van der Waals surface area contributed by atoms with Gasteiger partial charge in [0.25, 0.3) is 5.56 Å². The summed E-state index contributed by atoms with van der Waals surface area (Å²) in [6.07, 6.45) is 3.70. The molecular weight excluding hydrogens is 604 g/mol. The molecule has 1 aliphatic rings. The first-order valence-electron chi connectivity index (χ1n) is 14.4. The summed E-state index contributed by atoms with van der Waals surface area (Å²) in [7, 11) is 2.73. The van der Waals surface area contributed by atoms with Crippen LogP contribution in [0.4, 0.5) is 0 Å². The van der Waals surface area contributed by atoms with Gasteiger partial charge in [0.2, 0.25) is 0 Å². The fourth-order valence-electron chi connectivity index (χ4n) is 5.38. The molecular formula is C35H30N4O6S. The summed E-state index contributed by atoms with van der Waals surface area (Å²) in [4.78, 5) is 44.1. The highest BCUT2D eigenvalue weighted by Gasteiger charge is 2.34. The number of aryl methyl sites for hydroxylation is 1. The SMILES string of the molecule is COC(=O)C1=C(C)N=c2s/c(=C/c3cn(-c4ccccc4)nc3-c3ccc(C)cc3)c(=O)n2[C@@H]1c1ccc(OC(C)=O)c(OC)c1. The van der Waals surface area contributed by atoms with Gasteiger partial charge in [0, 0.05) is 24.2 Å². The summed E-state index contributed by atoms with van der Waals surface area (Å²) in [5.41, 5.74) is 5.19. The Morgan fingerprint density at radius 1 is 0.957 bits per heavy atom. The van der Waals surface area contributed by atoms with E-state index in [0.717, 1.165) is 22.4 Å². The third-order valence-electron chi connectivity index (χ3n) is 7.56. The summed E-state index contributed by atoms with van der Waals surface area (Å²) in [5, 5.41) is 4.90. The van der Waals surface area contributed by atoms with Crippen molar-refractivity contribution in [3.8, 4) is 28.4 Å². The third kappa shape index (κ3) is 5.68. The summed E-state index contributed by atoms with van der Waals surface area (Å²) in [6.45, 7) is 5.02. The second-order valence-electron chi connectivity index (χ2n) is 10.7. The lowest BCUT2D eigenvalue weighted by Gasteiger charge is -2.25. The van der Waals surface area contributed by atoms with Crippen LogP contribution in [0.5, 0.6) is 11.5 Å². The number of aromatic nitrogens is 3. The molecule has 46 heavy (non-hydrogen) atoms. The zero-order valence-electron chi connectivity index (χ0n) is 25.8. The van der Waals surface area contributed by atoms with E-state index < -0.39 is 18.0 Å². The zero-order chi connectivity index (χ0) is 32.5. The molecule has 6 rings (SSSR count). The molecule has 0 bridgehead atoms. The molecule has 232 valence electrons. The van der Waals surface area contributed by atoms with Crippen LogP contribution < -0.4 is 24.4 Å². The molecule has 1 atom stereocenters. The second-order valence-corrected chi connectivity index (χ2v) is 11.7. The standard InChI is InChI=1S/C35H30N4O6S/c1-20-11-13-23(14-12-20)31-25(19-38(37-31)26-9-7-6-8-10-26)18-29-33(41)39-32(30(34(42)44-5)21(2)36-35(39)46-29)24-15-16-27(45-22(3)40)28(17-24)43-4/h6-19,32H,1-5H3/b29-18+/t32-/m1/s1. The van der Waals surface area contributed by atoms with Crippen molar-refractivity contribution in [3.63, 3.8) is 0 Å². The van der Waals surface area contributed by atoms with Gasteiger partial charge in [0.15, 0.2) is 16.3 Å². The fourth-order valence-corrected chi connectivity index (χ4v) is 6.42. The first kappa shape index (κ1) is 30.5. The lowest BCUT2D eigenvalue weighted by atomic mass is 9.95. The Hall–Kier alpha value is -5.55. The summed E-state index contributed by atoms with van der Waals surface area (Å²) in [5.74, 6) is -0.643. The summed E-state index contributed by atoms with van der Waals surface area (Å²) < 4.78 is 19.6. The predicted octanol–water partition coefficient (Wildman–Crippen LogP) is 4.50. The number of hydrogen-bond donors (Lipinski definition) is 0. The Labute approximate surface area is 268 Å². The minimum Gasteiger partial charge on any atom is -0.493 e. The second kappa shape index (κ2) is 12.4. The molecule has 0 radical (unpaired) electrons. The van der Waals surface area contributed by atoms with Gasteiger partial charge in [0.05, 0.1) is 47.4 Å². The van der Waals surface area contributed by atoms with Gasteiger partial charge in [-0.2, -0.15) is 5.10 Å². The van der Waals surface area contributed by atoms with Gasteiger partial charge >= 0.3 is 11.9 Å². The largest absolute Gasteiger partial charge is 0.493 e. The number of fused-ring (bicyclic) bond motifs is 1. The van der Waals surface area contributed by atoms with E-state index in [-0.39, 0.29) is 22.6 Å². The molecule has 0 unspecified atom stereocenters. The van der Waals surface area contributed by atoms with E-state index in [1.54, 1.807) is 29.8 Å². The van der Waals surface area contributed by atoms with E-state index in [4.69, 9.17) is 19.3 Å². The Kier molecular flexibility index (Phi) is 8.25. The van der Waals surface area contributed by atoms with Gasteiger partial charge in [-0.05, 0) is 49.8 Å². The van der Waals surface area contributed by atoms with Gasteiger partial charge in [-0.3, -0.25) is 14.2 Å². The van der Waals surface area contributed by atoms with Crippen molar-refractivity contribution in [2.24, 2.45) is 4.99 Å². The van der Waals surface area contributed by atoms with Crippen LogP contribution in [0.25, 0.3) is 23.0 Å². The van der Waals surface area contributed by atoms with Crippen LogP contribution in [-0.2, 0) is 14.3 Å². The number of carbonyl (C=O) groups is 2. The monoisotopic (exact) mass is 634 g/mol. The van der Waals surface area contributed by atoms with Crippen LogP contribution in [0.15, 0.2) is 100 Å². The van der Waals surface area contributed by atoms with E-state index in [2.05, 4.69) is 4.99 Å². The normalized spacial score (nSPS) is 14.5. The molecule has 0 spiro atoms. The van der Waals surface area contributed by atoms with Crippen LogP contribution in [-0.4, -0.2) is 40.5 Å². The van der Waals surface area contributed by atoms with Crippen LogP contribution in [0, 0.1) is 6.92 Å². The number of para-hydroxylation sites is 1. The molecule has 3 heterocycles. The van der Waals surface area contributed by atoms with Crippen molar-refractivity contribution < 1.29 is 23.8 Å². The molecule has 0 aliphatic carbocycles. The molecule has 5 aromatic rings. The van der Waals surface area contributed by atoms with Crippen LogP contribution >= 0.6 is 11.3 Å². The van der Waals surface area contributed by atoms with Crippen molar-refractivity contribution in [3.05, 3.63) is 127 Å². The molecule has 3 aromatic carbocycles. The Balaban J connectivity index is 1.56. The van der Waals surface area contributed by atoms with Gasteiger partial charge < -0.3 is 14.2 Å². The number of allylic oxidation sites excluding steroid dienone is 1. The quantitative estimate of drug-likeness (QED) is 0.191. The van der Waals surface area contributed by atoms with Crippen molar-refractivity contribution in [2.75, 3.05) is 14.2 Å². The number of carbonyl (C=O) groups excluding carboxylic acids is 2. The number of thiazole rings is 1. The first-order valence-corrected chi connectivity index (χ1v) is 15.2. The number of ether oxygens (including phenoxy) is 3. The number of benzene rings is 3. The summed E-state index contributed by atoms with van der Waals surface area (Å²) in [6, 6.07) is 21.8. The minimum absolute atomic E-state index is 0.209. The molecule has 0 N–H and O–H groups in total. The van der Waals surface area contributed by atoms with E-state index >= 15 is 0 Å². The molecule has 0 saturated heterocycles. The van der Waals surface area contributed by atoms with Crippen LogP contribution in [0.3, 0.4) is 0 Å². The van der Waals surface area contributed by atoms with E-state index in [1.165, 1.54) is 37.0 Å². The third-order valence-corrected chi connectivity index (χ3v) is 8.54. The van der Waals surface area contributed by atoms with E-state index in [9.17, 15) is 14.4 Å². The summed E-state index contributed by atoms with van der Waals surface area (Å²) >= 11 is 1.22. The Bertz CT molecular complexity index is 2190. The van der Waals surface area contributed by atoms with Gasteiger partial charge in [-0.25, -0.2) is 14.5 Å². The van der Waals surface area contributed by atoms with Gasteiger partial charge in [-0.15, -0.1) is 0 Å². The number of rotatable bonds is 7. The fraction of sp³-hybridized carbons (Fsp3) is 0.171. The smallest absolute Gasteiger partial charge is 0.338 e.